The van der Waals surface area contributed by atoms with Crippen LogP contribution in [0.4, 0.5) is 4.39 Å². The first-order valence-electron chi connectivity index (χ1n) is 6.83. The molecule has 1 aromatic carbocycles. The van der Waals surface area contributed by atoms with Gasteiger partial charge in [-0.25, -0.2) is 4.39 Å². The molecular weight excluding hydrogens is 263 g/mol. The number of benzene rings is 1. The second-order valence-corrected chi connectivity index (χ2v) is 6.12. The fraction of sp³-hybridized carbons (Fsp3) is 0.600. The van der Waals surface area contributed by atoms with Crippen LogP contribution in [0.3, 0.4) is 0 Å². The molecule has 2 N–H and O–H groups in total. The quantitative estimate of drug-likeness (QED) is 0.920. The molecule has 1 aliphatic carbocycles. The van der Waals surface area contributed by atoms with Crippen molar-refractivity contribution < 1.29 is 4.39 Å². The lowest BCUT2D eigenvalue weighted by atomic mass is 9.83. The number of hydrogen-bond acceptors (Lipinski definition) is 2. The molecule has 1 aliphatic rings. The average molecular weight is 285 g/mol. The molecule has 1 fully saturated rings. The molecule has 0 spiro atoms. The number of hydrogen-bond donors (Lipinski definition) is 1. The van der Waals surface area contributed by atoms with Crippen LogP contribution in [-0.2, 0) is 6.42 Å². The fourth-order valence-corrected chi connectivity index (χ4v) is 3.51. The van der Waals surface area contributed by atoms with Crippen LogP contribution in [0.15, 0.2) is 18.2 Å². The van der Waals surface area contributed by atoms with Gasteiger partial charge in [0.1, 0.15) is 5.82 Å². The van der Waals surface area contributed by atoms with Gasteiger partial charge >= 0.3 is 0 Å². The molecule has 0 aliphatic heterocycles. The van der Waals surface area contributed by atoms with Gasteiger partial charge in [-0.2, -0.15) is 0 Å². The van der Waals surface area contributed by atoms with Gasteiger partial charge in [-0.05, 0) is 45.5 Å². The maximum absolute atomic E-state index is 13.9. The third-order valence-corrected chi connectivity index (χ3v) is 4.89. The maximum Gasteiger partial charge on any atom is 0.127 e. The molecule has 0 aromatic heterocycles. The zero-order valence-electron chi connectivity index (χ0n) is 11.6. The smallest absolute Gasteiger partial charge is 0.127 e. The van der Waals surface area contributed by atoms with Gasteiger partial charge < -0.3 is 10.6 Å². The minimum Gasteiger partial charge on any atom is -0.326 e. The predicted octanol–water partition coefficient (Wildman–Crippen LogP) is 3.22. The summed E-state index contributed by atoms with van der Waals surface area (Å²) in [7, 11) is 4.13. The second kappa shape index (κ2) is 5.78. The van der Waals surface area contributed by atoms with E-state index < -0.39 is 0 Å². The number of halogens is 2. The van der Waals surface area contributed by atoms with Crippen molar-refractivity contribution in [1.82, 2.24) is 4.90 Å². The first-order chi connectivity index (χ1) is 8.97. The van der Waals surface area contributed by atoms with Crippen molar-refractivity contribution in [3.05, 3.63) is 34.6 Å². The van der Waals surface area contributed by atoms with Crippen LogP contribution in [-0.4, -0.2) is 30.6 Å². The summed E-state index contributed by atoms with van der Waals surface area (Å²) < 4.78 is 13.9. The highest BCUT2D eigenvalue weighted by Gasteiger charge is 2.41. The Kier molecular flexibility index (Phi) is 4.49. The van der Waals surface area contributed by atoms with Crippen molar-refractivity contribution in [1.29, 1.82) is 0 Å². The Labute approximate surface area is 119 Å². The van der Waals surface area contributed by atoms with E-state index in [1.54, 1.807) is 12.1 Å². The Bertz CT molecular complexity index is 422. The fourth-order valence-electron chi connectivity index (χ4n) is 3.27. The molecule has 0 bridgehead atoms. The first kappa shape index (κ1) is 14.8. The molecule has 1 saturated carbocycles. The SMILES string of the molecule is CN(C)C1(C(N)Cc2c(F)cccc2Cl)CCCC1. The number of rotatable bonds is 4. The molecule has 106 valence electrons. The van der Waals surface area contributed by atoms with Crippen molar-refractivity contribution >= 4 is 11.6 Å². The van der Waals surface area contributed by atoms with Crippen LogP contribution in [0.1, 0.15) is 31.2 Å². The van der Waals surface area contributed by atoms with E-state index in [0.717, 1.165) is 12.8 Å². The lowest BCUT2D eigenvalue weighted by molar-refractivity contribution is 0.122. The van der Waals surface area contributed by atoms with Crippen molar-refractivity contribution in [2.24, 2.45) is 5.73 Å². The lowest BCUT2D eigenvalue weighted by Crippen LogP contribution is -2.56. The molecular formula is C15H22ClFN2. The van der Waals surface area contributed by atoms with E-state index in [2.05, 4.69) is 19.0 Å². The summed E-state index contributed by atoms with van der Waals surface area (Å²) >= 11 is 6.10. The highest BCUT2D eigenvalue weighted by molar-refractivity contribution is 6.31. The van der Waals surface area contributed by atoms with Gasteiger partial charge in [0.05, 0.1) is 0 Å². The molecule has 2 rings (SSSR count). The average Bonchev–Trinajstić information content (AvgIpc) is 2.84. The van der Waals surface area contributed by atoms with Crippen LogP contribution < -0.4 is 5.73 Å². The van der Waals surface area contributed by atoms with Gasteiger partial charge in [-0.15, -0.1) is 0 Å². The number of nitrogens with two attached hydrogens (primary N) is 1. The van der Waals surface area contributed by atoms with E-state index >= 15 is 0 Å². The van der Waals surface area contributed by atoms with Crippen molar-refractivity contribution in [2.45, 2.75) is 43.7 Å². The van der Waals surface area contributed by atoms with Gasteiger partial charge in [0.15, 0.2) is 0 Å². The largest absolute Gasteiger partial charge is 0.326 e. The van der Waals surface area contributed by atoms with E-state index in [1.165, 1.54) is 18.9 Å². The molecule has 0 amide bonds. The minimum atomic E-state index is -0.255. The topological polar surface area (TPSA) is 29.3 Å². The predicted molar refractivity (Wildman–Crippen MR) is 78.0 cm³/mol. The van der Waals surface area contributed by atoms with Crippen LogP contribution in [0.25, 0.3) is 0 Å². The van der Waals surface area contributed by atoms with E-state index in [9.17, 15) is 4.39 Å². The van der Waals surface area contributed by atoms with E-state index in [1.807, 2.05) is 0 Å². The maximum atomic E-state index is 13.9. The van der Waals surface area contributed by atoms with Crippen molar-refractivity contribution in [3.8, 4) is 0 Å². The zero-order chi connectivity index (χ0) is 14.0. The number of likely N-dealkylation sites (N-methyl/N-ethyl adjacent to an activating group) is 1. The summed E-state index contributed by atoms with van der Waals surface area (Å²) in [5.41, 5.74) is 6.94. The van der Waals surface area contributed by atoms with Crippen LogP contribution in [0.5, 0.6) is 0 Å². The van der Waals surface area contributed by atoms with Crippen molar-refractivity contribution in [2.75, 3.05) is 14.1 Å². The Morgan fingerprint density at radius 2 is 2.00 bits per heavy atom. The van der Waals surface area contributed by atoms with E-state index in [0.29, 0.717) is 17.0 Å². The van der Waals surface area contributed by atoms with Gasteiger partial charge in [0, 0.05) is 22.2 Å². The zero-order valence-corrected chi connectivity index (χ0v) is 12.4. The lowest BCUT2D eigenvalue weighted by Gasteiger charge is -2.41. The van der Waals surface area contributed by atoms with Crippen LogP contribution >= 0.6 is 11.6 Å². The summed E-state index contributed by atoms with van der Waals surface area (Å²) in [5, 5.41) is 0.474. The Morgan fingerprint density at radius 1 is 1.37 bits per heavy atom. The molecule has 1 atom stereocenters. The summed E-state index contributed by atoms with van der Waals surface area (Å²) in [6.07, 6.45) is 5.03. The molecule has 0 heterocycles. The monoisotopic (exact) mass is 284 g/mol. The summed E-state index contributed by atoms with van der Waals surface area (Å²) in [6, 6.07) is 4.71. The van der Waals surface area contributed by atoms with Gasteiger partial charge in [-0.3, -0.25) is 0 Å². The molecule has 4 heteroatoms. The standard InChI is InChI=1S/C15H22ClFN2/c1-19(2)15(8-3-4-9-15)14(18)10-11-12(16)6-5-7-13(11)17/h5-7,14H,3-4,8-10,18H2,1-2H3. The van der Waals surface area contributed by atoms with Crippen LogP contribution in [0, 0.1) is 5.82 Å². The third-order valence-electron chi connectivity index (χ3n) is 4.54. The number of nitrogens with zero attached hydrogens (tertiary/aromatic N) is 1. The highest BCUT2D eigenvalue weighted by atomic mass is 35.5. The van der Waals surface area contributed by atoms with Crippen LogP contribution in [0.2, 0.25) is 5.02 Å². The van der Waals surface area contributed by atoms with Gasteiger partial charge in [-0.1, -0.05) is 30.5 Å². The molecule has 0 saturated heterocycles. The highest BCUT2D eigenvalue weighted by Crippen LogP contribution is 2.37. The van der Waals surface area contributed by atoms with E-state index in [4.69, 9.17) is 17.3 Å². The van der Waals surface area contributed by atoms with Gasteiger partial charge in [0.2, 0.25) is 0 Å². The molecule has 2 nitrogen and oxygen atoms in total. The third kappa shape index (κ3) is 2.78. The molecule has 1 aromatic rings. The summed E-state index contributed by atoms with van der Waals surface area (Å²) in [4.78, 5) is 2.21. The van der Waals surface area contributed by atoms with Gasteiger partial charge in [0.25, 0.3) is 0 Å². The normalized spacial score (nSPS) is 19.9. The minimum absolute atomic E-state index is 0.0222. The summed E-state index contributed by atoms with van der Waals surface area (Å²) in [5.74, 6) is -0.255. The Hall–Kier alpha value is -0.640. The Morgan fingerprint density at radius 3 is 2.53 bits per heavy atom. The van der Waals surface area contributed by atoms with E-state index in [-0.39, 0.29) is 17.4 Å². The summed E-state index contributed by atoms with van der Waals surface area (Å²) in [6.45, 7) is 0. The molecule has 0 radical (unpaired) electrons. The second-order valence-electron chi connectivity index (χ2n) is 5.72. The molecule has 1 unspecified atom stereocenters. The Balaban J connectivity index is 2.22. The van der Waals surface area contributed by atoms with Crippen molar-refractivity contribution in [3.63, 3.8) is 0 Å². The molecule has 19 heavy (non-hydrogen) atoms. The first-order valence-corrected chi connectivity index (χ1v) is 7.21.